The van der Waals surface area contributed by atoms with Crippen LogP contribution in [0.25, 0.3) is 39.1 Å². The molecule has 6 aromatic rings. The lowest BCUT2D eigenvalue weighted by Gasteiger charge is -2.10. The van der Waals surface area contributed by atoms with Crippen molar-refractivity contribution in [3.05, 3.63) is 105 Å². The van der Waals surface area contributed by atoms with Crippen molar-refractivity contribution in [2.45, 2.75) is 13.8 Å². The second kappa shape index (κ2) is 8.99. The van der Waals surface area contributed by atoms with E-state index in [0.717, 1.165) is 38.2 Å². The third-order valence-corrected chi connectivity index (χ3v) is 7.34. The van der Waals surface area contributed by atoms with Gasteiger partial charge in [-0.15, -0.1) is 0 Å². The number of furan rings is 1. The van der Waals surface area contributed by atoms with E-state index in [2.05, 4.69) is 25.6 Å². The Morgan fingerprint density at radius 2 is 1.82 bits per heavy atom. The predicted octanol–water partition coefficient (Wildman–Crippen LogP) is 6.59. The van der Waals surface area contributed by atoms with Crippen molar-refractivity contribution in [1.29, 1.82) is 0 Å². The molecule has 1 aliphatic rings. The van der Waals surface area contributed by atoms with Crippen molar-refractivity contribution in [1.82, 2.24) is 14.2 Å². The summed E-state index contributed by atoms with van der Waals surface area (Å²) in [5.74, 6) is 2.23. The normalized spacial score (nSPS) is 12.8. The molecule has 39 heavy (non-hydrogen) atoms. The number of hydrogen-bond acceptors (Lipinski definition) is 6. The number of aromatic nitrogens is 3. The summed E-state index contributed by atoms with van der Waals surface area (Å²) in [6, 6.07) is 22.7. The summed E-state index contributed by atoms with van der Waals surface area (Å²) in [4.78, 5) is 18.4. The van der Waals surface area contributed by atoms with Crippen molar-refractivity contribution >= 4 is 44.0 Å². The Hall–Kier alpha value is -4.63. The van der Waals surface area contributed by atoms with Crippen LogP contribution in [-0.4, -0.2) is 27.2 Å². The number of fused-ring (bicyclic) bond motifs is 3. The summed E-state index contributed by atoms with van der Waals surface area (Å²) in [7, 11) is 0. The lowest BCUT2D eigenvalue weighted by atomic mass is 10.2. The summed E-state index contributed by atoms with van der Waals surface area (Å²) in [5.41, 5.74) is 4.78. The number of aryl methyl sites for hydroxylation is 1. The van der Waals surface area contributed by atoms with Gasteiger partial charge in [0.05, 0.1) is 17.1 Å². The number of hydrogen-bond donors (Lipinski definition) is 0. The molecule has 0 saturated carbocycles. The minimum atomic E-state index is -0.280. The molecule has 0 spiro atoms. The highest BCUT2D eigenvalue weighted by Gasteiger charge is 2.18. The fraction of sp³-hybridized carbons (Fsp3) is 0.100. The van der Waals surface area contributed by atoms with Gasteiger partial charge in [0.2, 0.25) is 12.6 Å². The van der Waals surface area contributed by atoms with Gasteiger partial charge in [-0.1, -0.05) is 28.1 Å². The molecule has 3 aromatic carbocycles. The zero-order valence-electron chi connectivity index (χ0n) is 21.0. The third kappa shape index (κ3) is 3.93. The van der Waals surface area contributed by atoms with Gasteiger partial charge in [-0.3, -0.25) is 4.79 Å². The maximum Gasteiger partial charge on any atom is 0.282 e. The molecule has 0 atom stereocenters. The maximum absolute atomic E-state index is 13.6. The second-order valence-corrected chi connectivity index (χ2v) is 10.2. The number of para-hydroxylation sites is 1. The topological polar surface area (TPSA) is 83.8 Å². The van der Waals surface area contributed by atoms with E-state index in [1.165, 1.54) is 4.68 Å². The van der Waals surface area contributed by atoms with E-state index in [1.807, 2.05) is 80.6 Å². The molecular formula is C30H21BrN4O4. The summed E-state index contributed by atoms with van der Waals surface area (Å²) in [5, 5.41) is 6.01. The Morgan fingerprint density at radius 1 is 0.974 bits per heavy atom. The van der Waals surface area contributed by atoms with Crippen LogP contribution in [0.4, 0.5) is 0 Å². The second-order valence-electron chi connectivity index (χ2n) is 9.31. The van der Waals surface area contributed by atoms with Crippen LogP contribution in [0.5, 0.6) is 11.5 Å². The van der Waals surface area contributed by atoms with E-state index >= 15 is 0 Å². The fourth-order valence-corrected chi connectivity index (χ4v) is 5.35. The van der Waals surface area contributed by atoms with Crippen LogP contribution in [-0.2, 0) is 0 Å². The van der Waals surface area contributed by atoms with Crippen LogP contribution in [0.3, 0.4) is 0 Å². The first-order valence-electron chi connectivity index (χ1n) is 12.3. The van der Waals surface area contributed by atoms with Crippen molar-refractivity contribution in [2.24, 2.45) is 5.10 Å². The quantitative estimate of drug-likeness (QED) is 0.220. The van der Waals surface area contributed by atoms with Crippen LogP contribution >= 0.6 is 15.9 Å². The molecule has 9 heteroatoms. The van der Waals surface area contributed by atoms with Gasteiger partial charge < -0.3 is 18.5 Å². The van der Waals surface area contributed by atoms with Crippen LogP contribution in [0.2, 0.25) is 0 Å². The van der Waals surface area contributed by atoms with Gasteiger partial charge in [-0.05, 0) is 68.4 Å². The Bertz CT molecular complexity index is 2020. The van der Waals surface area contributed by atoms with Gasteiger partial charge in [0, 0.05) is 38.6 Å². The highest BCUT2D eigenvalue weighted by molar-refractivity contribution is 9.10. The molecule has 4 heterocycles. The fourth-order valence-electron chi connectivity index (χ4n) is 4.97. The summed E-state index contributed by atoms with van der Waals surface area (Å²) in [6.45, 7) is 4.26. The molecule has 0 radical (unpaired) electrons. The van der Waals surface area contributed by atoms with Crippen LogP contribution in [0, 0.1) is 13.8 Å². The first-order chi connectivity index (χ1) is 19.0. The maximum atomic E-state index is 13.6. The summed E-state index contributed by atoms with van der Waals surface area (Å²) in [6.07, 6.45) is 1.69. The average molecular weight is 581 g/mol. The van der Waals surface area contributed by atoms with E-state index in [4.69, 9.17) is 18.9 Å². The first-order valence-corrected chi connectivity index (χ1v) is 13.1. The van der Waals surface area contributed by atoms with Gasteiger partial charge >= 0.3 is 0 Å². The van der Waals surface area contributed by atoms with Crippen molar-refractivity contribution < 1.29 is 13.9 Å². The molecule has 8 nitrogen and oxygen atoms in total. The Labute approximate surface area is 230 Å². The Balaban J connectivity index is 1.36. The molecule has 7 rings (SSSR count). The van der Waals surface area contributed by atoms with Gasteiger partial charge in [0.25, 0.3) is 5.56 Å². The smallest absolute Gasteiger partial charge is 0.282 e. The van der Waals surface area contributed by atoms with E-state index in [9.17, 15) is 4.79 Å². The molecule has 0 saturated heterocycles. The molecule has 0 fully saturated rings. The zero-order valence-corrected chi connectivity index (χ0v) is 22.6. The Morgan fingerprint density at radius 3 is 2.72 bits per heavy atom. The van der Waals surface area contributed by atoms with Gasteiger partial charge in [-0.25, -0.2) is 4.98 Å². The van der Waals surface area contributed by atoms with Crippen molar-refractivity contribution in [2.75, 3.05) is 6.79 Å². The monoisotopic (exact) mass is 580 g/mol. The molecule has 0 N–H and O–H groups in total. The molecule has 3 aromatic heterocycles. The largest absolute Gasteiger partial charge is 0.454 e. The van der Waals surface area contributed by atoms with Gasteiger partial charge in [0.1, 0.15) is 5.58 Å². The average Bonchev–Trinajstić information content (AvgIpc) is 3.64. The summed E-state index contributed by atoms with van der Waals surface area (Å²) >= 11 is 3.50. The predicted molar refractivity (Wildman–Crippen MR) is 153 cm³/mol. The number of ether oxygens (including phenoxy) is 2. The number of halogens is 1. The van der Waals surface area contributed by atoms with Crippen molar-refractivity contribution in [3.63, 3.8) is 0 Å². The zero-order chi connectivity index (χ0) is 26.7. The van der Waals surface area contributed by atoms with Crippen molar-refractivity contribution in [3.8, 4) is 28.8 Å². The summed E-state index contributed by atoms with van der Waals surface area (Å²) < 4.78 is 21.5. The molecule has 0 unspecified atom stereocenters. The first kappa shape index (κ1) is 23.5. The van der Waals surface area contributed by atoms with Gasteiger partial charge in [-0.2, -0.15) is 9.78 Å². The van der Waals surface area contributed by atoms with Crippen LogP contribution in [0.1, 0.15) is 17.0 Å². The van der Waals surface area contributed by atoms with Crippen LogP contribution in [0.15, 0.2) is 91.6 Å². The number of benzene rings is 3. The SMILES string of the molecule is Cc1cc(C=Nn2c(-c3cc4cc(Br)ccc4o3)nc3ccccc3c2=O)c(C)n1-c1ccc2c(c1)OCO2. The van der Waals surface area contributed by atoms with Crippen LogP contribution < -0.4 is 15.0 Å². The molecule has 0 aliphatic carbocycles. The highest BCUT2D eigenvalue weighted by atomic mass is 79.9. The molecule has 192 valence electrons. The van der Waals surface area contributed by atoms with E-state index in [1.54, 1.807) is 12.3 Å². The van der Waals surface area contributed by atoms with E-state index in [-0.39, 0.29) is 12.4 Å². The highest BCUT2D eigenvalue weighted by Crippen LogP contribution is 2.35. The van der Waals surface area contributed by atoms with E-state index < -0.39 is 0 Å². The molecular weight excluding hydrogens is 560 g/mol. The van der Waals surface area contributed by atoms with Gasteiger partial charge in [0.15, 0.2) is 17.3 Å². The minimum Gasteiger partial charge on any atom is -0.454 e. The standard InChI is InChI=1S/C30H21BrN4O4/c1-17-11-20(18(2)34(17)22-8-10-26-27(14-22)38-16-37-26)15-32-35-29(33-24-6-4-3-5-23(24)30(35)36)28-13-19-12-21(31)7-9-25(19)39-28/h3-15H,16H2,1-2H3. The molecule has 0 bridgehead atoms. The Kier molecular flexibility index (Phi) is 5.41. The third-order valence-electron chi connectivity index (χ3n) is 6.85. The molecule has 1 aliphatic heterocycles. The van der Waals surface area contributed by atoms with E-state index in [0.29, 0.717) is 33.8 Å². The number of nitrogens with zero attached hydrogens (tertiary/aromatic N) is 4. The molecule has 0 amide bonds. The lowest BCUT2D eigenvalue weighted by Crippen LogP contribution is -2.20. The lowest BCUT2D eigenvalue weighted by molar-refractivity contribution is 0.174. The number of rotatable bonds is 4. The minimum absolute atomic E-state index is 0.222.